The number of allylic oxidation sites excluding steroid dienone is 2. The summed E-state index contributed by atoms with van der Waals surface area (Å²) in [5, 5.41) is 0. The van der Waals surface area contributed by atoms with E-state index in [2.05, 4.69) is 0 Å². The Balaban J connectivity index is 1.81. The maximum atomic E-state index is 14.6. The van der Waals surface area contributed by atoms with Crippen LogP contribution in [0.2, 0.25) is 16.6 Å². The lowest BCUT2D eigenvalue weighted by atomic mass is 9.97. The van der Waals surface area contributed by atoms with Crippen LogP contribution in [0.25, 0.3) is 0 Å². The van der Waals surface area contributed by atoms with Crippen LogP contribution in [0.15, 0.2) is 24.3 Å². The average molecular weight is 455 g/mol. The van der Waals surface area contributed by atoms with E-state index in [1.54, 1.807) is 0 Å². The molecule has 0 aromatic heterocycles. The van der Waals surface area contributed by atoms with Crippen LogP contribution >= 0.6 is 0 Å². The highest BCUT2D eigenvalue weighted by Crippen LogP contribution is 2.59. The Bertz CT molecular complexity index is 620. The van der Waals surface area contributed by atoms with Crippen molar-refractivity contribution in [3.8, 4) is 0 Å². The lowest BCUT2D eigenvalue weighted by Crippen LogP contribution is -2.61. The Labute approximate surface area is 185 Å². The van der Waals surface area contributed by atoms with E-state index in [0.717, 1.165) is 101 Å². The molecule has 0 saturated heterocycles. The van der Waals surface area contributed by atoms with Gasteiger partial charge in [-0.05, 0) is 40.9 Å². The minimum absolute atomic E-state index is 0.311. The zero-order valence-corrected chi connectivity index (χ0v) is 19.6. The third kappa shape index (κ3) is 4.61. The van der Waals surface area contributed by atoms with E-state index in [1.165, 1.54) is 19.3 Å². The summed E-state index contributed by atoms with van der Waals surface area (Å²) in [6.07, 6.45) is 16.1. The summed E-state index contributed by atoms with van der Waals surface area (Å²) in [7, 11) is -2.82. The van der Waals surface area contributed by atoms with Crippen LogP contribution in [0.1, 0.15) is 96.3 Å². The van der Waals surface area contributed by atoms with Crippen molar-refractivity contribution < 1.29 is 22.4 Å². The fourth-order valence-electron chi connectivity index (χ4n) is 7.04. The summed E-state index contributed by atoms with van der Waals surface area (Å²) in [5.74, 6) is -0.385. The maximum absolute atomic E-state index is 14.6. The molecular formula is C25H37F3O2Si. The number of halogens is 3. The van der Waals surface area contributed by atoms with Gasteiger partial charge in [0.15, 0.2) is 11.4 Å². The van der Waals surface area contributed by atoms with Crippen molar-refractivity contribution in [2.45, 2.75) is 125 Å². The molecule has 0 spiro atoms. The molecule has 0 aliphatic heterocycles. The molecular weight excluding hydrogens is 417 g/mol. The summed E-state index contributed by atoms with van der Waals surface area (Å²) in [4.78, 5) is 11.8. The van der Waals surface area contributed by atoms with Crippen molar-refractivity contribution >= 4 is 14.1 Å². The Hall–Kier alpha value is -0.883. The van der Waals surface area contributed by atoms with Gasteiger partial charge >= 0.3 is 6.18 Å². The molecule has 0 unspecified atom stereocenters. The standard InChI is InChI=1S/C25H37F3O2Si/c26-25(27,28)24(18-16-20(29)17-19-24)30-31(21-10-4-1-5-11-21,22-12-6-2-7-13-22)23-14-8-3-9-15-23/h16-19,21-23H,1-15H2. The normalized spacial score (nSPS) is 27.0. The molecule has 0 N–H and O–H groups in total. The first-order valence-electron chi connectivity index (χ1n) is 12.6. The van der Waals surface area contributed by atoms with Crippen molar-refractivity contribution in [2.24, 2.45) is 0 Å². The first-order chi connectivity index (χ1) is 14.9. The molecule has 4 rings (SSSR count). The minimum Gasteiger partial charge on any atom is -0.396 e. The van der Waals surface area contributed by atoms with Gasteiger partial charge in [-0.2, -0.15) is 13.2 Å². The SMILES string of the molecule is O=C1C=CC(O[Si](C2CCCCC2)(C2CCCCC2)C2CCCCC2)(C(F)(F)F)C=C1. The van der Waals surface area contributed by atoms with Crippen molar-refractivity contribution in [3.63, 3.8) is 0 Å². The number of carbonyl (C=O) groups is 1. The topological polar surface area (TPSA) is 26.3 Å². The molecule has 3 saturated carbocycles. The molecule has 0 bridgehead atoms. The van der Waals surface area contributed by atoms with Crippen LogP contribution < -0.4 is 0 Å². The van der Waals surface area contributed by atoms with Gasteiger partial charge in [-0.15, -0.1) is 0 Å². The number of carbonyl (C=O) groups excluding carboxylic acids is 1. The number of alkyl halides is 3. The molecule has 174 valence electrons. The van der Waals surface area contributed by atoms with Gasteiger partial charge in [-0.1, -0.05) is 96.3 Å². The first kappa shape index (κ1) is 23.3. The van der Waals surface area contributed by atoms with E-state index in [0.29, 0.717) is 16.6 Å². The van der Waals surface area contributed by atoms with Gasteiger partial charge in [0.05, 0.1) is 0 Å². The summed E-state index contributed by atoms with van der Waals surface area (Å²) in [6, 6.07) is 0. The molecule has 2 nitrogen and oxygen atoms in total. The van der Waals surface area contributed by atoms with Gasteiger partial charge in [0.25, 0.3) is 0 Å². The fraction of sp³-hybridized carbons (Fsp3) is 0.800. The Kier molecular flexibility index (Phi) is 7.17. The molecule has 0 aromatic rings. The molecule has 0 aromatic carbocycles. The predicted molar refractivity (Wildman–Crippen MR) is 119 cm³/mol. The fourth-order valence-corrected chi connectivity index (χ4v) is 14.3. The predicted octanol–water partition coefficient (Wildman–Crippen LogP) is 7.95. The third-order valence-electron chi connectivity index (χ3n) is 8.51. The highest BCUT2D eigenvalue weighted by Gasteiger charge is 2.63. The second-order valence-corrected chi connectivity index (χ2v) is 14.7. The van der Waals surface area contributed by atoms with E-state index >= 15 is 0 Å². The Morgan fingerprint density at radius 1 is 0.710 bits per heavy atom. The molecule has 4 aliphatic carbocycles. The van der Waals surface area contributed by atoms with Crippen LogP contribution in [0.3, 0.4) is 0 Å². The van der Waals surface area contributed by atoms with E-state index < -0.39 is 20.1 Å². The van der Waals surface area contributed by atoms with Gasteiger partial charge < -0.3 is 4.43 Å². The van der Waals surface area contributed by atoms with Gasteiger partial charge in [-0.25, -0.2) is 0 Å². The van der Waals surface area contributed by atoms with Crippen LogP contribution in [0.5, 0.6) is 0 Å². The number of rotatable bonds is 5. The quantitative estimate of drug-likeness (QED) is 0.394. The van der Waals surface area contributed by atoms with Crippen molar-refractivity contribution in [1.82, 2.24) is 0 Å². The van der Waals surface area contributed by atoms with Crippen molar-refractivity contribution in [3.05, 3.63) is 24.3 Å². The molecule has 31 heavy (non-hydrogen) atoms. The van der Waals surface area contributed by atoms with E-state index in [4.69, 9.17) is 4.43 Å². The zero-order chi connectivity index (χ0) is 22.0. The maximum Gasteiger partial charge on any atom is 0.423 e. The van der Waals surface area contributed by atoms with E-state index in [1.807, 2.05) is 0 Å². The number of hydrogen-bond acceptors (Lipinski definition) is 2. The summed E-state index contributed by atoms with van der Waals surface area (Å²) in [5.41, 5.74) is -1.50. The Morgan fingerprint density at radius 2 is 1.06 bits per heavy atom. The zero-order valence-electron chi connectivity index (χ0n) is 18.6. The smallest absolute Gasteiger partial charge is 0.396 e. The summed E-state index contributed by atoms with van der Waals surface area (Å²) >= 11 is 0. The van der Waals surface area contributed by atoms with Crippen molar-refractivity contribution in [2.75, 3.05) is 0 Å². The second-order valence-electron chi connectivity index (χ2n) is 10.3. The highest BCUT2D eigenvalue weighted by molar-refractivity contribution is 6.78. The van der Waals surface area contributed by atoms with Crippen LogP contribution in [-0.4, -0.2) is 25.9 Å². The summed E-state index contributed by atoms with van der Waals surface area (Å²) < 4.78 is 50.7. The highest BCUT2D eigenvalue weighted by atomic mass is 28.4. The van der Waals surface area contributed by atoms with E-state index in [9.17, 15) is 18.0 Å². The average Bonchev–Trinajstić information content (AvgIpc) is 2.80. The van der Waals surface area contributed by atoms with Crippen LogP contribution in [0.4, 0.5) is 13.2 Å². The molecule has 3 fully saturated rings. The van der Waals surface area contributed by atoms with E-state index in [-0.39, 0.29) is 5.78 Å². The van der Waals surface area contributed by atoms with Crippen molar-refractivity contribution in [1.29, 1.82) is 0 Å². The number of hydrogen-bond donors (Lipinski definition) is 0. The summed E-state index contributed by atoms with van der Waals surface area (Å²) in [6.45, 7) is 0. The molecule has 0 amide bonds. The minimum atomic E-state index is -4.56. The lowest BCUT2D eigenvalue weighted by Gasteiger charge is -2.55. The molecule has 6 heteroatoms. The Morgan fingerprint density at radius 3 is 1.39 bits per heavy atom. The monoisotopic (exact) mass is 454 g/mol. The molecule has 0 heterocycles. The van der Waals surface area contributed by atoms with Crippen LogP contribution in [-0.2, 0) is 9.22 Å². The second kappa shape index (κ2) is 9.54. The molecule has 0 radical (unpaired) electrons. The molecule has 4 aliphatic rings. The molecule has 0 atom stereocenters. The lowest BCUT2D eigenvalue weighted by molar-refractivity contribution is -0.216. The van der Waals surface area contributed by atoms with Gasteiger partial charge in [-0.3, -0.25) is 4.79 Å². The largest absolute Gasteiger partial charge is 0.423 e. The van der Waals surface area contributed by atoms with Gasteiger partial charge in [0.1, 0.15) is 0 Å². The van der Waals surface area contributed by atoms with Gasteiger partial charge in [0.2, 0.25) is 8.32 Å². The van der Waals surface area contributed by atoms with Crippen LogP contribution in [0, 0.1) is 0 Å². The van der Waals surface area contributed by atoms with Gasteiger partial charge in [0, 0.05) is 0 Å². The first-order valence-corrected chi connectivity index (χ1v) is 14.7. The number of ketones is 1. The third-order valence-corrected chi connectivity index (χ3v) is 14.8.